The molecule has 1 aliphatic rings. The first-order chi connectivity index (χ1) is 13.5. The van der Waals surface area contributed by atoms with Crippen LogP contribution in [0.1, 0.15) is 25.3 Å². The van der Waals surface area contributed by atoms with Gasteiger partial charge in [-0.25, -0.2) is 0 Å². The number of piperidine rings is 1. The van der Waals surface area contributed by atoms with Crippen molar-refractivity contribution in [2.45, 2.75) is 38.3 Å². The lowest BCUT2D eigenvalue weighted by molar-refractivity contribution is -0.130. The Balaban J connectivity index is 0.00000300. The van der Waals surface area contributed by atoms with Crippen molar-refractivity contribution in [1.29, 1.82) is 0 Å². The molecule has 0 bridgehead atoms. The molecule has 1 heterocycles. The van der Waals surface area contributed by atoms with Crippen LogP contribution >= 0.6 is 12.4 Å². The lowest BCUT2D eigenvalue weighted by atomic mass is 9.92. The van der Waals surface area contributed by atoms with Crippen molar-refractivity contribution >= 4 is 29.9 Å². The number of carbonyl (C=O) groups is 2. The molecule has 0 saturated carbocycles. The Morgan fingerprint density at radius 2 is 1.72 bits per heavy atom. The second kappa shape index (κ2) is 11.0. The molecule has 0 unspecified atom stereocenters. The number of halogens is 1. The van der Waals surface area contributed by atoms with Crippen molar-refractivity contribution in [3.63, 3.8) is 0 Å². The van der Waals surface area contributed by atoms with E-state index < -0.39 is 6.04 Å². The van der Waals surface area contributed by atoms with E-state index >= 15 is 0 Å². The Bertz CT molecular complexity index is 785. The van der Waals surface area contributed by atoms with Crippen LogP contribution in [0, 0.1) is 5.92 Å². The van der Waals surface area contributed by atoms with Gasteiger partial charge >= 0.3 is 0 Å². The fourth-order valence-electron chi connectivity index (χ4n) is 3.72. The topological polar surface area (TPSA) is 61.4 Å². The highest BCUT2D eigenvalue weighted by Crippen LogP contribution is 2.18. The molecule has 2 aromatic carbocycles. The zero-order chi connectivity index (χ0) is 19.9. The summed E-state index contributed by atoms with van der Waals surface area (Å²) in [5.41, 5.74) is 1.84. The van der Waals surface area contributed by atoms with Gasteiger partial charge in [0.15, 0.2) is 0 Å². The molecule has 0 aromatic heterocycles. The van der Waals surface area contributed by atoms with Gasteiger partial charge in [0.05, 0.1) is 0 Å². The van der Waals surface area contributed by atoms with Crippen molar-refractivity contribution in [3.8, 4) is 0 Å². The van der Waals surface area contributed by atoms with E-state index in [1.165, 1.54) is 0 Å². The Morgan fingerprint density at radius 1 is 1.10 bits per heavy atom. The minimum Gasteiger partial charge on any atom is -0.344 e. The monoisotopic (exact) mass is 415 g/mol. The van der Waals surface area contributed by atoms with Crippen molar-refractivity contribution in [2.24, 2.45) is 5.92 Å². The van der Waals surface area contributed by atoms with Gasteiger partial charge in [-0.05, 0) is 44.0 Å². The normalized spacial score (nSPS) is 19.5. The summed E-state index contributed by atoms with van der Waals surface area (Å²) in [6.45, 7) is 2.93. The van der Waals surface area contributed by atoms with Crippen molar-refractivity contribution in [2.75, 3.05) is 18.5 Å². The maximum Gasteiger partial charge on any atom is 0.249 e. The third-order valence-corrected chi connectivity index (χ3v) is 5.37. The number of nitrogens with zero attached hydrogens (tertiary/aromatic N) is 1. The third-order valence-electron chi connectivity index (χ3n) is 5.37. The zero-order valence-corrected chi connectivity index (χ0v) is 17.8. The van der Waals surface area contributed by atoms with Gasteiger partial charge < -0.3 is 15.5 Å². The number of benzene rings is 2. The van der Waals surface area contributed by atoms with E-state index in [4.69, 9.17) is 0 Å². The summed E-state index contributed by atoms with van der Waals surface area (Å²) < 4.78 is 0. The van der Waals surface area contributed by atoms with E-state index in [1.54, 1.807) is 11.9 Å². The van der Waals surface area contributed by atoms with Gasteiger partial charge in [0, 0.05) is 31.1 Å². The van der Waals surface area contributed by atoms with Crippen LogP contribution in [0.2, 0.25) is 0 Å². The molecule has 5 nitrogen and oxygen atoms in total. The predicted molar refractivity (Wildman–Crippen MR) is 119 cm³/mol. The maximum atomic E-state index is 13.2. The van der Waals surface area contributed by atoms with Crippen LogP contribution in [0.3, 0.4) is 0 Å². The summed E-state index contributed by atoms with van der Waals surface area (Å²) in [5.74, 6) is -0.182. The molecule has 3 atom stereocenters. The van der Waals surface area contributed by atoms with E-state index in [0.717, 1.165) is 30.6 Å². The molecule has 0 radical (unpaired) electrons. The quantitative estimate of drug-likeness (QED) is 0.761. The standard InChI is InChI=1S/C23H29N3O2.ClH/c1-17-15-19(13-14-24-17)22(27)25-21(16-18-9-5-3-6-10-18)23(28)26(2)20-11-7-4-8-12-20;/h3-12,17,19,21,24H,13-16H2,1-2H3,(H,25,27);1H/t17-,19-,21-;/m0./s1. The van der Waals surface area contributed by atoms with Crippen LogP contribution in [-0.2, 0) is 16.0 Å². The van der Waals surface area contributed by atoms with Crippen molar-refractivity contribution in [1.82, 2.24) is 10.6 Å². The molecule has 2 N–H and O–H groups in total. The van der Waals surface area contributed by atoms with E-state index in [2.05, 4.69) is 17.6 Å². The smallest absolute Gasteiger partial charge is 0.249 e. The lowest BCUT2D eigenvalue weighted by Gasteiger charge is -2.30. The second-order valence-corrected chi connectivity index (χ2v) is 7.56. The largest absolute Gasteiger partial charge is 0.344 e. The zero-order valence-electron chi connectivity index (χ0n) is 17.0. The fourth-order valence-corrected chi connectivity index (χ4v) is 3.72. The number of hydrogen-bond donors (Lipinski definition) is 2. The number of amides is 2. The summed E-state index contributed by atoms with van der Waals surface area (Å²) in [6.07, 6.45) is 2.08. The number of likely N-dealkylation sites (N-methyl/N-ethyl adjacent to an activating group) is 1. The van der Waals surface area contributed by atoms with Crippen LogP contribution in [0.15, 0.2) is 60.7 Å². The van der Waals surface area contributed by atoms with Crippen LogP contribution in [-0.4, -0.2) is 37.5 Å². The number of hydrogen-bond acceptors (Lipinski definition) is 3. The summed E-state index contributed by atoms with van der Waals surface area (Å²) in [5, 5.41) is 6.42. The highest BCUT2D eigenvalue weighted by Gasteiger charge is 2.30. The minimum absolute atomic E-state index is 0. The van der Waals surface area contributed by atoms with Crippen LogP contribution in [0.25, 0.3) is 0 Å². The van der Waals surface area contributed by atoms with Crippen molar-refractivity contribution < 1.29 is 9.59 Å². The summed E-state index contributed by atoms with van der Waals surface area (Å²) in [6, 6.07) is 19.1. The molecule has 3 rings (SSSR count). The van der Waals surface area contributed by atoms with Gasteiger partial charge in [-0.15, -0.1) is 12.4 Å². The number of carbonyl (C=O) groups excluding carboxylic acids is 2. The van der Waals surface area contributed by atoms with Gasteiger partial charge in [0.1, 0.15) is 6.04 Å². The summed E-state index contributed by atoms with van der Waals surface area (Å²) in [4.78, 5) is 27.8. The van der Waals surface area contributed by atoms with Crippen molar-refractivity contribution in [3.05, 3.63) is 66.2 Å². The minimum atomic E-state index is -0.592. The first kappa shape index (κ1) is 22.9. The number of nitrogens with one attached hydrogen (secondary N) is 2. The lowest BCUT2D eigenvalue weighted by Crippen LogP contribution is -2.52. The Kier molecular flexibility index (Phi) is 8.68. The number of para-hydroxylation sites is 1. The summed E-state index contributed by atoms with van der Waals surface area (Å²) in [7, 11) is 1.76. The second-order valence-electron chi connectivity index (χ2n) is 7.56. The number of anilines is 1. The molecule has 2 amide bonds. The molecule has 0 spiro atoms. The average Bonchev–Trinajstić information content (AvgIpc) is 2.73. The predicted octanol–water partition coefficient (Wildman–Crippen LogP) is 3.19. The third kappa shape index (κ3) is 6.31. The van der Waals surface area contributed by atoms with Crippen LogP contribution in [0.5, 0.6) is 0 Å². The molecule has 1 fully saturated rings. The van der Waals surface area contributed by atoms with E-state index in [-0.39, 0.29) is 30.1 Å². The van der Waals surface area contributed by atoms with Crippen LogP contribution < -0.4 is 15.5 Å². The van der Waals surface area contributed by atoms with Crippen LogP contribution in [0.4, 0.5) is 5.69 Å². The first-order valence-corrected chi connectivity index (χ1v) is 9.95. The first-order valence-electron chi connectivity index (χ1n) is 9.95. The van der Waals surface area contributed by atoms with Gasteiger partial charge in [-0.1, -0.05) is 48.5 Å². The molecule has 0 aliphatic carbocycles. The molecule has 6 heteroatoms. The Morgan fingerprint density at radius 3 is 2.34 bits per heavy atom. The van der Waals surface area contributed by atoms with E-state index in [1.807, 2.05) is 60.7 Å². The Labute approximate surface area is 179 Å². The average molecular weight is 416 g/mol. The molecule has 1 aliphatic heterocycles. The molecular weight excluding hydrogens is 386 g/mol. The molecule has 1 saturated heterocycles. The highest BCUT2D eigenvalue weighted by atomic mass is 35.5. The molecule has 156 valence electrons. The van der Waals surface area contributed by atoms with E-state index in [9.17, 15) is 9.59 Å². The summed E-state index contributed by atoms with van der Waals surface area (Å²) >= 11 is 0. The van der Waals surface area contributed by atoms with E-state index in [0.29, 0.717) is 12.5 Å². The SMILES string of the molecule is C[C@H]1C[C@@H](C(=O)N[C@@H](Cc2ccccc2)C(=O)N(C)c2ccccc2)CCN1.Cl. The molecular formula is C23H30ClN3O2. The van der Waals surface area contributed by atoms with Gasteiger partial charge in [0.2, 0.25) is 11.8 Å². The highest BCUT2D eigenvalue weighted by molar-refractivity contribution is 5.99. The maximum absolute atomic E-state index is 13.2. The number of rotatable bonds is 6. The van der Waals surface area contributed by atoms with Gasteiger partial charge in [-0.2, -0.15) is 0 Å². The molecule has 2 aromatic rings. The Hall–Kier alpha value is -2.37. The van der Waals surface area contributed by atoms with Gasteiger partial charge in [-0.3, -0.25) is 9.59 Å². The molecule has 29 heavy (non-hydrogen) atoms. The fraction of sp³-hybridized carbons (Fsp3) is 0.391. The van der Waals surface area contributed by atoms with Gasteiger partial charge in [0.25, 0.3) is 0 Å².